The van der Waals surface area contributed by atoms with Gasteiger partial charge in [-0.1, -0.05) is 135 Å². The van der Waals surface area contributed by atoms with Gasteiger partial charge in [0.1, 0.15) is 11.2 Å². The van der Waals surface area contributed by atoms with Crippen LogP contribution in [0.4, 0.5) is 0 Å². The molecule has 1 aliphatic carbocycles. The van der Waals surface area contributed by atoms with E-state index in [4.69, 9.17) is 4.42 Å². The molecule has 0 saturated heterocycles. The average Bonchev–Trinajstić information content (AvgIpc) is 3.82. The summed E-state index contributed by atoms with van der Waals surface area (Å²) in [4.78, 5) is 0. The van der Waals surface area contributed by atoms with E-state index in [0.29, 0.717) is 0 Å². The molecule has 0 atom stereocenters. The molecule has 0 bridgehead atoms. The van der Waals surface area contributed by atoms with Crippen molar-refractivity contribution < 1.29 is 4.42 Å². The molecule has 11 aromatic rings. The number of hydrogen-bond acceptors (Lipinski definition) is 1. The third-order valence-electron chi connectivity index (χ3n) is 12.2. The Kier molecular flexibility index (Phi) is 5.60. The molecule has 0 N–H and O–H groups in total. The molecule has 0 spiro atoms. The Morgan fingerprint density at radius 1 is 0.415 bits per heavy atom. The fourth-order valence-electron chi connectivity index (χ4n) is 9.63. The van der Waals surface area contributed by atoms with Gasteiger partial charge in [-0.25, -0.2) is 0 Å². The number of rotatable bonds is 2. The monoisotopic (exact) mass is 675 g/mol. The Morgan fingerprint density at radius 3 is 1.74 bits per heavy atom. The van der Waals surface area contributed by atoms with E-state index in [2.05, 4.69) is 182 Å². The lowest BCUT2D eigenvalue weighted by atomic mass is 9.82. The second kappa shape index (κ2) is 10.2. The van der Waals surface area contributed by atoms with E-state index >= 15 is 0 Å². The molecule has 2 nitrogen and oxygen atoms in total. The van der Waals surface area contributed by atoms with E-state index in [9.17, 15) is 0 Å². The molecule has 0 radical (unpaired) electrons. The van der Waals surface area contributed by atoms with Gasteiger partial charge >= 0.3 is 0 Å². The number of fused-ring (bicyclic) bond motifs is 16. The van der Waals surface area contributed by atoms with Gasteiger partial charge in [0, 0.05) is 38.2 Å². The minimum atomic E-state index is -0.178. The van der Waals surface area contributed by atoms with E-state index in [1.165, 1.54) is 98.3 Å². The van der Waals surface area contributed by atoms with Gasteiger partial charge in [0.05, 0.1) is 11.0 Å². The summed E-state index contributed by atoms with van der Waals surface area (Å²) in [6, 6.07) is 60.4. The minimum absolute atomic E-state index is 0.178. The van der Waals surface area contributed by atoms with Crippen LogP contribution in [0.2, 0.25) is 0 Å². The summed E-state index contributed by atoms with van der Waals surface area (Å²) in [6.45, 7) is 4.71. The number of nitrogens with zero attached hydrogens (tertiary/aromatic N) is 1. The zero-order chi connectivity index (χ0) is 35.0. The second-order valence-corrected chi connectivity index (χ2v) is 15.3. The molecule has 2 heterocycles. The SMILES string of the molecule is CC1(C)c2cc3c(cc2-c2c1ccc1c2oc2ccccc21)c1ccccc1n3-c1ccc(-c2ccc3c4ccccc4c4ccccc4c3c2)cc1. The van der Waals surface area contributed by atoms with Crippen molar-refractivity contribution in [3.8, 4) is 27.9 Å². The number of hydrogen-bond donors (Lipinski definition) is 0. The zero-order valence-corrected chi connectivity index (χ0v) is 29.4. The Morgan fingerprint density at radius 2 is 1.00 bits per heavy atom. The van der Waals surface area contributed by atoms with Gasteiger partial charge in [-0.2, -0.15) is 0 Å². The summed E-state index contributed by atoms with van der Waals surface area (Å²) in [7, 11) is 0. The topological polar surface area (TPSA) is 18.1 Å². The quantitative estimate of drug-likeness (QED) is 0.167. The third-order valence-corrected chi connectivity index (χ3v) is 12.2. The first-order chi connectivity index (χ1) is 26.0. The molecular weight excluding hydrogens is 643 g/mol. The predicted octanol–water partition coefficient (Wildman–Crippen LogP) is 14.1. The van der Waals surface area contributed by atoms with Crippen molar-refractivity contribution in [1.82, 2.24) is 4.57 Å². The fraction of sp³-hybridized carbons (Fsp3) is 0.0588. The van der Waals surface area contributed by atoms with Crippen LogP contribution in [0.3, 0.4) is 0 Å². The van der Waals surface area contributed by atoms with Crippen molar-refractivity contribution >= 4 is 76.1 Å². The number of benzene rings is 9. The van der Waals surface area contributed by atoms with E-state index in [1.54, 1.807) is 0 Å². The lowest BCUT2D eigenvalue weighted by Crippen LogP contribution is -2.15. The molecule has 9 aromatic carbocycles. The van der Waals surface area contributed by atoms with Crippen LogP contribution in [-0.4, -0.2) is 4.57 Å². The summed E-state index contributed by atoms with van der Waals surface area (Å²) >= 11 is 0. The summed E-state index contributed by atoms with van der Waals surface area (Å²) in [5, 5.41) is 12.7. The molecule has 0 fully saturated rings. The maximum Gasteiger partial charge on any atom is 0.143 e. The van der Waals surface area contributed by atoms with Gasteiger partial charge < -0.3 is 8.98 Å². The summed E-state index contributed by atoms with van der Waals surface area (Å²) in [5.74, 6) is 0. The third kappa shape index (κ3) is 3.82. The minimum Gasteiger partial charge on any atom is -0.455 e. The van der Waals surface area contributed by atoms with E-state index in [-0.39, 0.29) is 5.41 Å². The largest absolute Gasteiger partial charge is 0.455 e. The van der Waals surface area contributed by atoms with Crippen LogP contribution >= 0.6 is 0 Å². The van der Waals surface area contributed by atoms with Crippen molar-refractivity contribution in [2.45, 2.75) is 19.3 Å². The number of aromatic nitrogens is 1. The van der Waals surface area contributed by atoms with Crippen molar-refractivity contribution in [3.63, 3.8) is 0 Å². The lowest BCUT2D eigenvalue weighted by Gasteiger charge is -2.21. The lowest BCUT2D eigenvalue weighted by molar-refractivity contribution is 0.653. The zero-order valence-electron chi connectivity index (χ0n) is 29.4. The Balaban J connectivity index is 1.04. The highest BCUT2D eigenvalue weighted by Crippen LogP contribution is 2.54. The molecule has 0 unspecified atom stereocenters. The maximum absolute atomic E-state index is 6.63. The molecule has 2 heteroatoms. The molecule has 248 valence electrons. The Bertz CT molecular complexity index is 3320. The smallest absolute Gasteiger partial charge is 0.143 e. The summed E-state index contributed by atoms with van der Waals surface area (Å²) in [6.07, 6.45) is 0. The summed E-state index contributed by atoms with van der Waals surface area (Å²) < 4.78 is 9.07. The van der Waals surface area contributed by atoms with Crippen LogP contribution in [0.5, 0.6) is 0 Å². The highest BCUT2D eigenvalue weighted by atomic mass is 16.3. The average molecular weight is 676 g/mol. The van der Waals surface area contributed by atoms with Crippen molar-refractivity contribution in [2.75, 3.05) is 0 Å². The first kappa shape index (κ1) is 29.0. The molecule has 53 heavy (non-hydrogen) atoms. The number of para-hydroxylation sites is 2. The molecule has 0 saturated carbocycles. The molecule has 12 rings (SSSR count). The van der Waals surface area contributed by atoms with Gasteiger partial charge in [0.2, 0.25) is 0 Å². The van der Waals surface area contributed by atoms with Crippen LogP contribution in [0.15, 0.2) is 168 Å². The first-order valence-electron chi connectivity index (χ1n) is 18.5. The second-order valence-electron chi connectivity index (χ2n) is 15.3. The van der Waals surface area contributed by atoms with Crippen LogP contribution in [-0.2, 0) is 5.41 Å². The Hall–Kier alpha value is -6.64. The molecule has 0 aliphatic heterocycles. The molecule has 0 amide bonds. The van der Waals surface area contributed by atoms with Crippen molar-refractivity contribution in [2.24, 2.45) is 0 Å². The van der Waals surface area contributed by atoms with Gasteiger partial charge in [-0.3, -0.25) is 0 Å². The standard InChI is InChI=1S/C51H33NO/c1-51(2)44-26-25-40-39-16-8-10-18-48(39)53-50(40)49(44)43-28-42-38-15-7-9-17-46(38)52(47(42)29-45(43)51)32-22-19-30(20-23-32)31-21-24-37-35-13-4-3-11-33(35)34-12-5-6-14-36(34)41(37)27-31/h3-29H,1-2H3. The van der Waals surface area contributed by atoms with Crippen LogP contribution < -0.4 is 0 Å². The number of furan rings is 1. The molecule has 2 aromatic heterocycles. The molecular formula is C51H33NO. The van der Waals surface area contributed by atoms with E-state index in [0.717, 1.165) is 16.9 Å². The van der Waals surface area contributed by atoms with Crippen LogP contribution in [0.25, 0.3) is 104 Å². The van der Waals surface area contributed by atoms with E-state index in [1.807, 2.05) is 0 Å². The Labute approximate surface area is 306 Å². The van der Waals surface area contributed by atoms with Crippen molar-refractivity contribution in [1.29, 1.82) is 0 Å². The normalized spacial score (nSPS) is 13.6. The summed E-state index contributed by atoms with van der Waals surface area (Å²) in [5.41, 5.74) is 12.9. The molecule has 1 aliphatic rings. The predicted molar refractivity (Wildman–Crippen MR) is 224 cm³/mol. The maximum atomic E-state index is 6.63. The highest BCUT2D eigenvalue weighted by molar-refractivity contribution is 6.26. The van der Waals surface area contributed by atoms with Crippen LogP contribution in [0, 0.1) is 0 Å². The highest BCUT2D eigenvalue weighted by Gasteiger charge is 2.38. The van der Waals surface area contributed by atoms with Gasteiger partial charge in [0.15, 0.2) is 0 Å². The van der Waals surface area contributed by atoms with Gasteiger partial charge in [-0.15, -0.1) is 0 Å². The van der Waals surface area contributed by atoms with Gasteiger partial charge in [-0.05, 0) is 103 Å². The van der Waals surface area contributed by atoms with Crippen LogP contribution in [0.1, 0.15) is 25.0 Å². The van der Waals surface area contributed by atoms with E-state index < -0.39 is 0 Å². The van der Waals surface area contributed by atoms with Gasteiger partial charge in [0.25, 0.3) is 0 Å². The fourth-order valence-corrected chi connectivity index (χ4v) is 9.63. The first-order valence-corrected chi connectivity index (χ1v) is 18.5. The van der Waals surface area contributed by atoms with Crippen molar-refractivity contribution in [3.05, 3.63) is 175 Å².